The number of amides is 1. The number of carbonyl (C=O) groups is 2. The highest BCUT2D eigenvalue weighted by molar-refractivity contribution is 7.89. The second-order valence-electron chi connectivity index (χ2n) is 7.61. The standard InChI is InChI=1S/C26H28N2O6S/c1-4-28(5-2)35(31,32)24-17-20(16-15-19(24)3)26(30)33-18-25(29)27-22-13-9-10-14-23(22)34-21-11-7-6-8-12-21/h6-17H,4-5,18H2,1-3H3,(H,27,29). The van der Waals surface area contributed by atoms with Gasteiger partial charge in [-0.05, 0) is 48.9 Å². The van der Waals surface area contributed by atoms with Crippen LogP contribution >= 0.6 is 0 Å². The van der Waals surface area contributed by atoms with Gasteiger partial charge in [-0.1, -0.05) is 50.2 Å². The largest absolute Gasteiger partial charge is 0.455 e. The molecule has 0 unspecified atom stereocenters. The van der Waals surface area contributed by atoms with Gasteiger partial charge >= 0.3 is 5.97 Å². The van der Waals surface area contributed by atoms with Gasteiger partial charge in [0.05, 0.1) is 16.1 Å². The van der Waals surface area contributed by atoms with Gasteiger partial charge in [0.25, 0.3) is 5.91 Å². The number of benzene rings is 3. The molecule has 0 saturated carbocycles. The van der Waals surface area contributed by atoms with Crippen LogP contribution in [-0.2, 0) is 19.6 Å². The third-order valence-corrected chi connectivity index (χ3v) is 7.41. The number of para-hydroxylation sites is 3. The summed E-state index contributed by atoms with van der Waals surface area (Å²) in [5, 5.41) is 2.67. The van der Waals surface area contributed by atoms with E-state index in [0.29, 0.717) is 35.8 Å². The zero-order valence-corrected chi connectivity index (χ0v) is 20.7. The Labute approximate surface area is 205 Å². The van der Waals surface area contributed by atoms with E-state index >= 15 is 0 Å². The zero-order valence-electron chi connectivity index (χ0n) is 19.9. The molecule has 0 spiro atoms. The Bertz CT molecular complexity index is 1290. The van der Waals surface area contributed by atoms with Crippen molar-refractivity contribution in [1.29, 1.82) is 0 Å². The van der Waals surface area contributed by atoms with Crippen LogP contribution in [-0.4, -0.2) is 44.3 Å². The van der Waals surface area contributed by atoms with Crippen LogP contribution < -0.4 is 10.1 Å². The smallest absolute Gasteiger partial charge is 0.338 e. The van der Waals surface area contributed by atoms with Gasteiger partial charge < -0.3 is 14.8 Å². The van der Waals surface area contributed by atoms with Gasteiger partial charge in [-0.2, -0.15) is 4.31 Å². The molecule has 0 fully saturated rings. The van der Waals surface area contributed by atoms with Crippen LogP contribution in [0.5, 0.6) is 11.5 Å². The third kappa shape index (κ3) is 6.46. The maximum atomic E-state index is 12.9. The van der Waals surface area contributed by atoms with Gasteiger partial charge in [0, 0.05) is 13.1 Å². The van der Waals surface area contributed by atoms with Gasteiger partial charge in [-0.3, -0.25) is 4.79 Å². The van der Waals surface area contributed by atoms with Crippen LogP contribution in [0.3, 0.4) is 0 Å². The fraction of sp³-hybridized carbons (Fsp3) is 0.231. The number of rotatable bonds is 10. The minimum Gasteiger partial charge on any atom is -0.455 e. The number of ether oxygens (including phenoxy) is 2. The molecule has 0 aromatic heterocycles. The molecule has 0 bridgehead atoms. The molecule has 3 aromatic carbocycles. The van der Waals surface area contributed by atoms with Crippen LogP contribution in [0.4, 0.5) is 5.69 Å². The highest BCUT2D eigenvalue weighted by Crippen LogP contribution is 2.29. The molecule has 3 rings (SSSR count). The lowest BCUT2D eigenvalue weighted by molar-refractivity contribution is -0.119. The normalized spacial score (nSPS) is 11.2. The molecule has 0 heterocycles. The Morgan fingerprint density at radius 3 is 2.26 bits per heavy atom. The van der Waals surface area contributed by atoms with E-state index in [0.717, 1.165) is 0 Å². The molecular formula is C26H28N2O6S. The van der Waals surface area contributed by atoms with Crippen molar-refractivity contribution in [2.45, 2.75) is 25.7 Å². The molecule has 0 radical (unpaired) electrons. The Kier molecular flexibility index (Phi) is 8.62. The highest BCUT2D eigenvalue weighted by Gasteiger charge is 2.25. The summed E-state index contributed by atoms with van der Waals surface area (Å²) < 4.78 is 38.1. The Morgan fingerprint density at radius 2 is 1.57 bits per heavy atom. The van der Waals surface area contributed by atoms with Crippen LogP contribution in [0.25, 0.3) is 0 Å². The lowest BCUT2D eigenvalue weighted by Crippen LogP contribution is -2.31. The summed E-state index contributed by atoms with van der Waals surface area (Å²) in [6.45, 7) is 5.22. The van der Waals surface area contributed by atoms with Gasteiger partial charge in [-0.25, -0.2) is 13.2 Å². The maximum absolute atomic E-state index is 12.9. The summed E-state index contributed by atoms with van der Waals surface area (Å²) in [7, 11) is -3.76. The summed E-state index contributed by atoms with van der Waals surface area (Å²) in [5.74, 6) is -0.325. The maximum Gasteiger partial charge on any atom is 0.338 e. The topological polar surface area (TPSA) is 102 Å². The molecular weight excluding hydrogens is 468 g/mol. The predicted octanol–water partition coefficient (Wildman–Crippen LogP) is 4.61. The molecule has 0 aliphatic carbocycles. The van der Waals surface area contributed by atoms with Crippen molar-refractivity contribution in [2.24, 2.45) is 0 Å². The summed E-state index contributed by atoms with van der Waals surface area (Å²) in [6.07, 6.45) is 0. The lowest BCUT2D eigenvalue weighted by Gasteiger charge is -2.20. The van der Waals surface area contributed by atoms with Gasteiger partial charge in [0.2, 0.25) is 10.0 Å². The molecule has 3 aromatic rings. The number of hydrogen-bond acceptors (Lipinski definition) is 6. The van der Waals surface area contributed by atoms with E-state index in [4.69, 9.17) is 9.47 Å². The second kappa shape index (κ2) is 11.6. The van der Waals surface area contributed by atoms with Crippen LogP contribution in [0, 0.1) is 6.92 Å². The second-order valence-corrected chi connectivity index (χ2v) is 9.51. The molecule has 9 heteroatoms. The monoisotopic (exact) mass is 496 g/mol. The SMILES string of the molecule is CCN(CC)S(=O)(=O)c1cc(C(=O)OCC(=O)Nc2ccccc2Oc2ccccc2)ccc1C. The van der Waals surface area contributed by atoms with Crippen LogP contribution in [0.2, 0.25) is 0 Å². The number of anilines is 1. The molecule has 1 N–H and O–H groups in total. The Hall–Kier alpha value is -3.69. The van der Waals surface area contributed by atoms with Gasteiger partial charge in [0.1, 0.15) is 5.75 Å². The molecule has 184 valence electrons. The average molecular weight is 497 g/mol. The lowest BCUT2D eigenvalue weighted by atomic mass is 10.1. The first kappa shape index (κ1) is 25.9. The first-order valence-electron chi connectivity index (χ1n) is 11.2. The van der Waals surface area contributed by atoms with Crippen molar-refractivity contribution in [2.75, 3.05) is 25.0 Å². The van der Waals surface area contributed by atoms with E-state index in [1.165, 1.54) is 16.4 Å². The van der Waals surface area contributed by atoms with Crippen molar-refractivity contribution in [1.82, 2.24) is 4.31 Å². The van der Waals surface area contributed by atoms with E-state index in [2.05, 4.69) is 5.32 Å². The molecule has 1 amide bonds. The molecule has 35 heavy (non-hydrogen) atoms. The quantitative estimate of drug-likeness (QED) is 0.411. The van der Waals surface area contributed by atoms with Crippen molar-refractivity contribution < 1.29 is 27.5 Å². The minimum atomic E-state index is -3.76. The van der Waals surface area contributed by atoms with E-state index in [9.17, 15) is 18.0 Å². The van der Waals surface area contributed by atoms with E-state index in [1.807, 2.05) is 18.2 Å². The summed E-state index contributed by atoms with van der Waals surface area (Å²) in [5.41, 5.74) is 0.975. The fourth-order valence-corrected chi connectivity index (χ4v) is 5.09. The molecule has 0 aliphatic heterocycles. The van der Waals surface area contributed by atoms with Crippen molar-refractivity contribution in [3.05, 3.63) is 83.9 Å². The van der Waals surface area contributed by atoms with Crippen LogP contribution in [0.1, 0.15) is 29.8 Å². The van der Waals surface area contributed by atoms with Crippen molar-refractivity contribution >= 4 is 27.6 Å². The number of sulfonamides is 1. The number of esters is 1. The van der Waals surface area contributed by atoms with E-state index in [-0.39, 0.29) is 10.5 Å². The highest BCUT2D eigenvalue weighted by atomic mass is 32.2. The summed E-state index contributed by atoms with van der Waals surface area (Å²) in [6, 6.07) is 20.3. The number of aryl methyl sites for hydroxylation is 1. The van der Waals surface area contributed by atoms with E-state index < -0.39 is 28.5 Å². The Morgan fingerprint density at radius 1 is 0.914 bits per heavy atom. The minimum absolute atomic E-state index is 0.0343. The average Bonchev–Trinajstić information content (AvgIpc) is 2.85. The summed E-state index contributed by atoms with van der Waals surface area (Å²) >= 11 is 0. The van der Waals surface area contributed by atoms with Crippen molar-refractivity contribution in [3.63, 3.8) is 0 Å². The number of hydrogen-bond donors (Lipinski definition) is 1. The van der Waals surface area contributed by atoms with E-state index in [1.54, 1.807) is 63.2 Å². The first-order chi connectivity index (χ1) is 16.8. The van der Waals surface area contributed by atoms with Crippen molar-refractivity contribution in [3.8, 4) is 11.5 Å². The molecule has 0 atom stereocenters. The van der Waals surface area contributed by atoms with Gasteiger partial charge in [0.15, 0.2) is 12.4 Å². The molecule has 8 nitrogen and oxygen atoms in total. The Balaban J connectivity index is 1.67. The number of nitrogens with one attached hydrogen (secondary N) is 1. The predicted molar refractivity (Wildman–Crippen MR) is 133 cm³/mol. The van der Waals surface area contributed by atoms with Crippen LogP contribution in [0.15, 0.2) is 77.7 Å². The first-order valence-corrected chi connectivity index (χ1v) is 12.6. The third-order valence-electron chi connectivity index (χ3n) is 5.21. The fourth-order valence-electron chi connectivity index (χ4n) is 3.38. The molecule has 0 aliphatic rings. The van der Waals surface area contributed by atoms with Gasteiger partial charge in [-0.15, -0.1) is 0 Å². The molecule has 0 saturated heterocycles. The number of carbonyl (C=O) groups excluding carboxylic acids is 2. The summed E-state index contributed by atoms with van der Waals surface area (Å²) in [4.78, 5) is 25.1. The number of nitrogens with zero attached hydrogens (tertiary/aromatic N) is 1. The zero-order chi connectivity index (χ0) is 25.4.